The Labute approximate surface area is 191 Å². The average Bonchev–Trinajstić information content (AvgIpc) is 3.27. The van der Waals surface area contributed by atoms with E-state index in [0.29, 0.717) is 12.6 Å². The van der Waals surface area contributed by atoms with Gasteiger partial charge in [0.1, 0.15) is 0 Å². The van der Waals surface area contributed by atoms with E-state index in [1.807, 2.05) is 0 Å². The molecule has 29 heavy (non-hydrogen) atoms. The van der Waals surface area contributed by atoms with Gasteiger partial charge in [-0.2, -0.15) is 0 Å². The van der Waals surface area contributed by atoms with Crippen molar-refractivity contribution >= 4 is 41.5 Å². The lowest BCUT2D eigenvalue weighted by molar-refractivity contribution is -0.122. The molecule has 2 aliphatic rings. The van der Waals surface area contributed by atoms with Gasteiger partial charge in [0.2, 0.25) is 5.91 Å². The first-order chi connectivity index (χ1) is 13.7. The van der Waals surface area contributed by atoms with Gasteiger partial charge in [-0.05, 0) is 30.5 Å². The molecule has 0 radical (unpaired) electrons. The third-order valence-corrected chi connectivity index (χ3v) is 5.38. The summed E-state index contributed by atoms with van der Waals surface area (Å²) in [5.74, 6) is 0.911. The van der Waals surface area contributed by atoms with Crippen LogP contribution in [0.15, 0.2) is 41.4 Å². The first-order valence-electron chi connectivity index (χ1n) is 10.1. The highest BCUT2D eigenvalue weighted by molar-refractivity contribution is 14.0. The number of rotatable bonds is 6. The van der Waals surface area contributed by atoms with Crippen LogP contribution in [0.4, 0.5) is 5.69 Å². The van der Waals surface area contributed by atoms with Crippen LogP contribution in [-0.2, 0) is 11.3 Å². The molecule has 1 aromatic rings. The maximum Gasteiger partial charge on any atom is 0.233 e. The van der Waals surface area contributed by atoms with E-state index in [9.17, 15) is 4.79 Å². The fourth-order valence-electron chi connectivity index (χ4n) is 3.60. The number of amides is 1. The van der Waals surface area contributed by atoms with Gasteiger partial charge < -0.3 is 20.9 Å². The van der Waals surface area contributed by atoms with Crippen LogP contribution in [0.25, 0.3) is 0 Å². The Bertz CT molecular complexity index is 690. The first-order valence-corrected chi connectivity index (χ1v) is 10.1. The second-order valence-electron chi connectivity index (χ2n) is 7.34. The molecule has 1 fully saturated rings. The topological polar surface area (TPSA) is 72.0 Å². The Morgan fingerprint density at radius 1 is 1.14 bits per heavy atom. The van der Waals surface area contributed by atoms with Gasteiger partial charge >= 0.3 is 0 Å². The summed E-state index contributed by atoms with van der Waals surface area (Å²) >= 11 is 0. The summed E-state index contributed by atoms with van der Waals surface area (Å²) in [5, 5.41) is 9.61. The number of likely N-dealkylation sites (tertiary alicyclic amines) is 1. The second kappa shape index (κ2) is 12.0. The Hall–Kier alpha value is -1.81. The number of carbonyl (C=O) groups is 1. The maximum absolute atomic E-state index is 11.5. The summed E-state index contributed by atoms with van der Waals surface area (Å²) < 4.78 is 0. The van der Waals surface area contributed by atoms with E-state index < -0.39 is 0 Å². The summed E-state index contributed by atoms with van der Waals surface area (Å²) in [4.78, 5) is 20.4. The van der Waals surface area contributed by atoms with Crippen LogP contribution in [-0.4, -0.2) is 69.6 Å². The predicted molar refractivity (Wildman–Crippen MR) is 130 cm³/mol. The number of halogens is 1. The normalized spacial score (nSPS) is 17.7. The van der Waals surface area contributed by atoms with Gasteiger partial charge in [-0.25, -0.2) is 0 Å². The minimum atomic E-state index is 0. The molecule has 8 heteroatoms. The van der Waals surface area contributed by atoms with Crippen molar-refractivity contribution in [3.8, 4) is 0 Å². The second-order valence-corrected chi connectivity index (χ2v) is 7.34. The summed E-state index contributed by atoms with van der Waals surface area (Å²) in [6.45, 7) is 5.07. The highest BCUT2D eigenvalue weighted by atomic mass is 127. The van der Waals surface area contributed by atoms with E-state index in [4.69, 9.17) is 0 Å². The Balaban J connectivity index is 0.00000300. The Kier molecular flexibility index (Phi) is 9.72. The van der Waals surface area contributed by atoms with Gasteiger partial charge in [0.25, 0.3) is 0 Å². The maximum atomic E-state index is 11.5. The molecule has 0 saturated carbocycles. The van der Waals surface area contributed by atoms with Crippen LogP contribution < -0.4 is 20.9 Å². The number of nitrogens with one attached hydrogen (secondary N) is 3. The van der Waals surface area contributed by atoms with Gasteiger partial charge in [-0.3, -0.25) is 14.7 Å². The molecule has 0 spiro atoms. The van der Waals surface area contributed by atoms with Gasteiger partial charge in [-0.15, -0.1) is 24.0 Å². The number of carbonyl (C=O) groups excluding carboxylic acids is 1. The predicted octanol–water partition coefficient (Wildman–Crippen LogP) is 1.56. The van der Waals surface area contributed by atoms with Crippen LogP contribution in [0.1, 0.15) is 18.4 Å². The van der Waals surface area contributed by atoms with Gasteiger partial charge in [0.15, 0.2) is 5.96 Å². The number of likely N-dealkylation sites (N-methyl/N-ethyl adjacent to an activating group) is 1. The van der Waals surface area contributed by atoms with E-state index in [0.717, 1.165) is 51.5 Å². The van der Waals surface area contributed by atoms with E-state index in [1.165, 1.54) is 11.3 Å². The van der Waals surface area contributed by atoms with Gasteiger partial charge in [0.05, 0.1) is 6.54 Å². The lowest BCUT2D eigenvalue weighted by Crippen LogP contribution is -2.49. The molecule has 0 unspecified atom stereocenters. The van der Waals surface area contributed by atoms with E-state index in [-0.39, 0.29) is 29.9 Å². The van der Waals surface area contributed by atoms with Crippen molar-refractivity contribution < 1.29 is 4.79 Å². The SMILES string of the molecule is CN=C(NCc1ccc(N2CC=CC2)cc1)NC1CCN(CC(=O)NC)CC1.I. The molecule has 0 atom stereocenters. The van der Waals surface area contributed by atoms with Crippen molar-refractivity contribution in [2.24, 2.45) is 4.99 Å². The fraction of sp³-hybridized carbons (Fsp3) is 0.524. The molecule has 0 aromatic heterocycles. The Morgan fingerprint density at radius 3 is 2.38 bits per heavy atom. The fourth-order valence-corrected chi connectivity index (χ4v) is 3.60. The molecule has 3 rings (SSSR count). The molecular weight excluding hydrogens is 479 g/mol. The number of hydrogen-bond acceptors (Lipinski definition) is 4. The first kappa shape index (κ1) is 23.5. The molecule has 1 amide bonds. The zero-order valence-corrected chi connectivity index (χ0v) is 19.7. The van der Waals surface area contributed by atoms with Crippen LogP contribution in [0, 0.1) is 0 Å². The summed E-state index contributed by atoms with van der Waals surface area (Å²) in [6, 6.07) is 9.10. The standard InChI is InChI=1S/C21H32N6O.HI/c1-22-20(28)16-26-13-9-18(10-14-26)25-21(23-2)24-15-17-5-7-19(8-6-17)27-11-3-4-12-27;/h3-8,18H,9-16H2,1-2H3,(H,22,28)(H2,23,24,25);1H. The van der Waals surface area contributed by atoms with Crippen LogP contribution in [0.5, 0.6) is 0 Å². The average molecular weight is 512 g/mol. The molecule has 3 N–H and O–H groups in total. The molecule has 2 heterocycles. The third-order valence-electron chi connectivity index (χ3n) is 5.38. The third kappa shape index (κ3) is 7.18. The highest BCUT2D eigenvalue weighted by Crippen LogP contribution is 2.17. The van der Waals surface area contributed by atoms with E-state index >= 15 is 0 Å². The largest absolute Gasteiger partial charge is 0.364 e. The van der Waals surface area contributed by atoms with Crippen LogP contribution in [0.2, 0.25) is 0 Å². The van der Waals surface area contributed by atoms with Crippen LogP contribution in [0.3, 0.4) is 0 Å². The molecule has 2 aliphatic heterocycles. The number of nitrogens with zero attached hydrogens (tertiary/aromatic N) is 3. The highest BCUT2D eigenvalue weighted by Gasteiger charge is 2.21. The Morgan fingerprint density at radius 2 is 1.79 bits per heavy atom. The summed E-state index contributed by atoms with van der Waals surface area (Å²) in [5.41, 5.74) is 2.50. The molecule has 7 nitrogen and oxygen atoms in total. The molecule has 1 saturated heterocycles. The van der Waals surface area contributed by atoms with Crippen molar-refractivity contribution in [1.82, 2.24) is 20.9 Å². The zero-order chi connectivity index (χ0) is 19.8. The van der Waals surface area contributed by atoms with E-state index in [1.54, 1.807) is 14.1 Å². The minimum absolute atomic E-state index is 0. The smallest absolute Gasteiger partial charge is 0.233 e. The zero-order valence-electron chi connectivity index (χ0n) is 17.4. The molecular formula is C21H33IN6O. The van der Waals surface area contributed by atoms with Crippen LogP contribution >= 0.6 is 24.0 Å². The minimum Gasteiger partial charge on any atom is -0.364 e. The lowest BCUT2D eigenvalue weighted by atomic mass is 10.1. The van der Waals surface area contributed by atoms with Crippen molar-refractivity contribution in [2.75, 3.05) is 51.7 Å². The number of benzene rings is 1. The summed E-state index contributed by atoms with van der Waals surface area (Å²) in [6.07, 6.45) is 6.43. The molecule has 1 aromatic carbocycles. The molecule has 0 bridgehead atoms. The van der Waals surface area contributed by atoms with Crippen molar-refractivity contribution in [2.45, 2.75) is 25.4 Å². The van der Waals surface area contributed by atoms with Crippen molar-refractivity contribution in [3.63, 3.8) is 0 Å². The lowest BCUT2D eigenvalue weighted by Gasteiger charge is -2.32. The number of aliphatic imine (C=N–C) groups is 1. The molecule has 0 aliphatic carbocycles. The number of piperidine rings is 1. The number of guanidine groups is 1. The van der Waals surface area contributed by atoms with Gasteiger partial charge in [-0.1, -0.05) is 24.3 Å². The summed E-state index contributed by atoms with van der Waals surface area (Å²) in [7, 11) is 3.49. The van der Waals surface area contributed by atoms with Crippen molar-refractivity contribution in [1.29, 1.82) is 0 Å². The monoisotopic (exact) mass is 512 g/mol. The van der Waals surface area contributed by atoms with Gasteiger partial charge in [0, 0.05) is 58.5 Å². The number of hydrogen-bond donors (Lipinski definition) is 3. The number of anilines is 1. The van der Waals surface area contributed by atoms with E-state index in [2.05, 4.69) is 67.2 Å². The quantitative estimate of drug-likeness (QED) is 0.234. The van der Waals surface area contributed by atoms with Crippen molar-refractivity contribution in [3.05, 3.63) is 42.0 Å². The molecule has 160 valence electrons.